The molecule has 8 heteroatoms. The molecule has 0 saturated carbocycles. The molecule has 0 spiro atoms. The van der Waals surface area contributed by atoms with Crippen LogP contribution in [-0.4, -0.2) is 40.3 Å². The van der Waals surface area contributed by atoms with E-state index in [1.54, 1.807) is 12.1 Å². The molecule has 0 aromatic heterocycles. The Balaban J connectivity index is 0.00000361. The zero-order chi connectivity index (χ0) is 14.3. The number of ether oxygens (including phenoxy) is 1. The summed E-state index contributed by atoms with van der Waals surface area (Å²) >= 11 is 0. The summed E-state index contributed by atoms with van der Waals surface area (Å²) in [6.07, 6.45) is 1.44. The second kappa shape index (κ2) is 8.78. The van der Waals surface area contributed by atoms with Gasteiger partial charge in [-0.15, -0.1) is 12.4 Å². The van der Waals surface area contributed by atoms with Gasteiger partial charge in [-0.3, -0.25) is 4.79 Å². The van der Waals surface area contributed by atoms with Gasteiger partial charge in [-0.1, -0.05) is 0 Å². The quantitative estimate of drug-likeness (QED) is 0.706. The number of carbonyl (C=O) groups is 1. The molecule has 1 rings (SSSR count). The van der Waals surface area contributed by atoms with Gasteiger partial charge in [0.25, 0.3) is 0 Å². The molecule has 0 unspecified atom stereocenters. The number of rotatable bonds is 7. The van der Waals surface area contributed by atoms with Crippen LogP contribution in [0, 0.1) is 0 Å². The molecule has 1 aromatic rings. The Morgan fingerprint density at radius 1 is 1.30 bits per heavy atom. The zero-order valence-corrected chi connectivity index (χ0v) is 12.8. The van der Waals surface area contributed by atoms with Crippen LogP contribution in [0.25, 0.3) is 0 Å². The number of hydrogen-bond acceptors (Lipinski definition) is 5. The van der Waals surface area contributed by atoms with Crippen molar-refractivity contribution in [3.63, 3.8) is 0 Å². The predicted octanol–water partition coefficient (Wildman–Crippen LogP) is 0.356. The SMILES string of the molecule is CS(=O)(=O)c1ccc(OCCNC(=O)CCN)cc1.Cl. The van der Waals surface area contributed by atoms with E-state index < -0.39 is 9.84 Å². The summed E-state index contributed by atoms with van der Waals surface area (Å²) in [5.74, 6) is 0.444. The van der Waals surface area contributed by atoms with E-state index in [4.69, 9.17) is 10.5 Å². The van der Waals surface area contributed by atoms with Gasteiger partial charge in [0.15, 0.2) is 9.84 Å². The van der Waals surface area contributed by atoms with E-state index in [2.05, 4.69) is 5.32 Å². The molecule has 0 aliphatic heterocycles. The van der Waals surface area contributed by atoms with Gasteiger partial charge in [-0.05, 0) is 24.3 Å². The van der Waals surface area contributed by atoms with Crippen molar-refractivity contribution >= 4 is 28.2 Å². The lowest BCUT2D eigenvalue weighted by molar-refractivity contribution is -0.121. The normalized spacial score (nSPS) is 10.5. The van der Waals surface area contributed by atoms with E-state index in [1.807, 2.05) is 0 Å². The van der Waals surface area contributed by atoms with E-state index in [1.165, 1.54) is 12.1 Å². The number of nitrogens with two attached hydrogens (primary N) is 1. The molecule has 0 aliphatic rings. The summed E-state index contributed by atoms with van der Waals surface area (Å²) in [5, 5.41) is 2.65. The summed E-state index contributed by atoms with van der Waals surface area (Å²) in [4.78, 5) is 11.3. The van der Waals surface area contributed by atoms with Crippen LogP contribution in [0.5, 0.6) is 5.75 Å². The highest BCUT2D eigenvalue weighted by molar-refractivity contribution is 7.90. The maximum Gasteiger partial charge on any atom is 0.221 e. The Hall–Kier alpha value is -1.31. The van der Waals surface area contributed by atoms with Crippen LogP contribution in [0.4, 0.5) is 0 Å². The molecule has 3 N–H and O–H groups in total. The number of benzene rings is 1. The molecule has 0 saturated heterocycles. The second-order valence-corrected chi connectivity index (χ2v) is 6.00. The second-order valence-electron chi connectivity index (χ2n) is 3.98. The van der Waals surface area contributed by atoms with Crippen LogP contribution >= 0.6 is 12.4 Å². The molecule has 20 heavy (non-hydrogen) atoms. The summed E-state index contributed by atoms with van der Waals surface area (Å²) in [5.41, 5.74) is 5.23. The molecule has 0 fully saturated rings. The minimum absolute atomic E-state index is 0. The lowest BCUT2D eigenvalue weighted by Crippen LogP contribution is -2.29. The molecule has 0 radical (unpaired) electrons. The van der Waals surface area contributed by atoms with Gasteiger partial charge < -0.3 is 15.8 Å². The molecule has 6 nitrogen and oxygen atoms in total. The van der Waals surface area contributed by atoms with Gasteiger partial charge in [-0.2, -0.15) is 0 Å². The highest BCUT2D eigenvalue weighted by Gasteiger charge is 2.06. The molecular formula is C12H19ClN2O4S. The van der Waals surface area contributed by atoms with Crippen molar-refractivity contribution in [1.82, 2.24) is 5.32 Å². The van der Waals surface area contributed by atoms with Gasteiger partial charge in [0.1, 0.15) is 12.4 Å². The topological polar surface area (TPSA) is 98.5 Å². The highest BCUT2D eigenvalue weighted by Crippen LogP contribution is 2.15. The van der Waals surface area contributed by atoms with Crippen LogP contribution < -0.4 is 15.8 Å². The number of carbonyl (C=O) groups excluding carboxylic acids is 1. The van der Waals surface area contributed by atoms with Crippen LogP contribution in [0.3, 0.4) is 0 Å². The Morgan fingerprint density at radius 3 is 2.40 bits per heavy atom. The minimum Gasteiger partial charge on any atom is -0.492 e. The highest BCUT2D eigenvalue weighted by atomic mass is 35.5. The van der Waals surface area contributed by atoms with Gasteiger partial charge in [0, 0.05) is 19.2 Å². The smallest absolute Gasteiger partial charge is 0.221 e. The van der Waals surface area contributed by atoms with Crippen LogP contribution in [0.2, 0.25) is 0 Å². The number of halogens is 1. The van der Waals surface area contributed by atoms with Gasteiger partial charge in [0.2, 0.25) is 5.91 Å². The summed E-state index contributed by atoms with van der Waals surface area (Å²) < 4.78 is 27.8. The Kier molecular flexibility index (Phi) is 8.21. The minimum atomic E-state index is -3.19. The number of sulfone groups is 1. The summed E-state index contributed by atoms with van der Waals surface area (Å²) in [6.45, 7) is 1.01. The predicted molar refractivity (Wildman–Crippen MR) is 79.0 cm³/mol. The standard InChI is InChI=1S/C12H18N2O4S.ClH/c1-19(16,17)11-4-2-10(3-5-11)18-9-8-14-12(15)6-7-13;/h2-5H,6-9,13H2,1H3,(H,14,15);1H. The fourth-order valence-electron chi connectivity index (χ4n) is 1.36. The van der Waals surface area contributed by atoms with Crippen molar-refractivity contribution in [3.8, 4) is 5.75 Å². The monoisotopic (exact) mass is 322 g/mol. The lowest BCUT2D eigenvalue weighted by atomic mass is 10.3. The first-order chi connectivity index (χ1) is 8.93. The average molecular weight is 323 g/mol. The Bertz CT molecular complexity index is 517. The molecule has 114 valence electrons. The van der Waals surface area contributed by atoms with Crippen molar-refractivity contribution in [2.45, 2.75) is 11.3 Å². The van der Waals surface area contributed by atoms with Crippen molar-refractivity contribution in [2.75, 3.05) is 26.0 Å². The summed E-state index contributed by atoms with van der Waals surface area (Å²) in [6, 6.07) is 6.13. The number of hydrogen-bond donors (Lipinski definition) is 2. The molecule has 0 bridgehead atoms. The molecule has 0 atom stereocenters. The van der Waals surface area contributed by atoms with Crippen LogP contribution in [-0.2, 0) is 14.6 Å². The molecule has 1 amide bonds. The fraction of sp³-hybridized carbons (Fsp3) is 0.417. The molecular weight excluding hydrogens is 304 g/mol. The first-order valence-electron chi connectivity index (χ1n) is 5.83. The first-order valence-corrected chi connectivity index (χ1v) is 7.72. The van der Waals surface area contributed by atoms with E-state index >= 15 is 0 Å². The van der Waals surface area contributed by atoms with Gasteiger partial charge in [-0.25, -0.2) is 8.42 Å². The molecule has 0 heterocycles. The van der Waals surface area contributed by atoms with Crippen molar-refractivity contribution in [2.24, 2.45) is 5.73 Å². The molecule has 0 aliphatic carbocycles. The van der Waals surface area contributed by atoms with Crippen LogP contribution in [0.15, 0.2) is 29.2 Å². The van der Waals surface area contributed by atoms with E-state index in [0.717, 1.165) is 6.26 Å². The van der Waals surface area contributed by atoms with E-state index in [9.17, 15) is 13.2 Å². The van der Waals surface area contributed by atoms with Crippen molar-refractivity contribution < 1.29 is 17.9 Å². The average Bonchev–Trinajstić information content (AvgIpc) is 2.34. The van der Waals surface area contributed by atoms with Gasteiger partial charge >= 0.3 is 0 Å². The van der Waals surface area contributed by atoms with Crippen molar-refractivity contribution in [3.05, 3.63) is 24.3 Å². The largest absolute Gasteiger partial charge is 0.492 e. The molecule has 1 aromatic carbocycles. The number of amides is 1. The Morgan fingerprint density at radius 2 is 1.90 bits per heavy atom. The first kappa shape index (κ1) is 18.7. The third-order valence-electron chi connectivity index (χ3n) is 2.32. The third kappa shape index (κ3) is 6.74. The lowest BCUT2D eigenvalue weighted by Gasteiger charge is -2.08. The maximum atomic E-state index is 11.2. The fourth-order valence-corrected chi connectivity index (χ4v) is 1.99. The third-order valence-corrected chi connectivity index (χ3v) is 3.44. The van der Waals surface area contributed by atoms with Crippen molar-refractivity contribution in [1.29, 1.82) is 0 Å². The maximum absolute atomic E-state index is 11.2. The van der Waals surface area contributed by atoms with E-state index in [0.29, 0.717) is 31.9 Å². The van der Waals surface area contributed by atoms with E-state index in [-0.39, 0.29) is 23.2 Å². The van der Waals surface area contributed by atoms with Crippen LogP contribution in [0.1, 0.15) is 6.42 Å². The van der Waals surface area contributed by atoms with Gasteiger partial charge in [0.05, 0.1) is 11.4 Å². The zero-order valence-electron chi connectivity index (χ0n) is 11.2. The summed E-state index contributed by atoms with van der Waals surface area (Å²) in [7, 11) is -3.19. The Labute approximate surface area is 125 Å². The number of nitrogens with one attached hydrogen (secondary N) is 1.